The van der Waals surface area contributed by atoms with E-state index in [2.05, 4.69) is 20.3 Å². The number of hydrogen-bond donors (Lipinski definition) is 5. The lowest BCUT2D eigenvalue weighted by atomic mass is 10.1. The highest BCUT2D eigenvalue weighted by Crippen LogP contribution is 2.26. The van der Waals surface area contributed by atoms with Gasteiger partial charge in [-0.15, -0.1) is 0 Å². The second-order valence-electron chi connectivity index (χ2n) is 18.8. The molecular formula is C61H50Cl4F6N8O12. The van der Waals surface area contributed by atoms with Gasteiger partial charge in [-0.3, -0.25) is 37.7 Å². The van der Waals surface area contributed by atoms with Crippen molar-refractivity contribution < 1.29 is 70.3 Å². The maximum atomic E-state index is 13.8. The van der Waals surface area contributed by atoms with Crippen LogP contribution in [0, 0.1) is 55.7 Å². The van der Waals surface area contributed by atoms with Gasteiger partial charge in [-0.2, -0.15) is 0 Å². The topological polar surface area (TPSA) is 282 Å². The van der Waals surface area contributed by atoms with E-state index in [1.807, 2.05) is 0 Å². The molecule has 0 bridgehead atoms. The summed E-state index contributed by atoms with van der Waals surface area (Å²) < 4.78 is 99.4. The molecule has 20 nitrogen and oxygen atoms in total. The van der Waals surface area contributed by atoms with Crippen LogP contribution in [-0.2, 0) is 19.8 Å². The van der Waals surface area contributed by atoms with Crippen LogP contribution in [-0.4, -0.2) is 87.4 Å². The highest BCUT2D eigenvalue weighted by molar-refractivity contribution is 6.67. The van der Waals surface area contributed by atoms with Crippen molar-refractivity contribution in [2.75, 3.05) is 26.3 Å². The van der Waals surface area contributed by atoms with Gasteiger partial charge in [0.2, 0.25) is 17.6 Å². The van der Waals surface area contributed by atoms with Crippen molar-refractivity contribution in [1.29, 1.82) is 0 Å². The summed E-state index contributed by atoms with van der Waals surface area (Å²) in [6.07, 6.45) is 3.50. The van der Waals surface area contributed by atoms with Crippen molar-refractivity contribution >= 4 is 63.5 Å². The number of hydrogen-bond acceptors (Lipinski definition) is 15. The number of carbonyl (C=O) groups excluding carboxylic acids is 2. The summed E-state index contributed by atoms with van der Waals surface area (Å²) in [5.41, 5.74) is 6.55. The Morgan fingerprint density at radius 1 is 0.505 bits per heavy atom. The molecule has 30 heteroatoms. The van der Waals surface area contributed by atoms with Crippen molar-refractivity contribution in [3.8, 4) is 34.7 Å². The van der Waals surface area contributed by atoms with E-state index in [1.54, 1.807) is 45.0 Å². The fourth-order valence-corrected chi connectivity index (χ4v) is 8.40. The maximum absolute atomic E-state index is 13.8. The molecule has 6 aromatic carbocycles. The Hall–Kier alpha value is -9.41. The number of rotatable bonds is 18. The van der Waals surface area contributed by atoms with Crippen molar-refractivity contribution in [2.45, 2.75) is 40.6 Å². The molecule has 0 fully saturated rings. The predicted octanol–water partition coefficient (Wildman–Crippen LogP) is 9.89. The van der Waals surface area contributed by atoms with Crippen molar-refractivity contribution in [2.24, 2.45) is 5.73 Å². The number of carbonyl (C=O) groups is 3. The molecule has 0 spiro atoms. The third-order valence-electron chi connectivity index (χ3n) is 12.5. The van der Waals surface area contributed by atoms with Gasteiger partial charge < -0.3 is 40.6 Å². The summed E-state index contributed by atoms with van der Waals surface area (Å²) >= 11 is 23.7. The van der Waals surface area contributed by atoms with E-state index in [4.69, 9.17) is 81.7 Å². The van der Waals surface area contributed by atoms with Gasteiger partial charge in [0.05, 0.1) is 35.8 Å². The zero-order chi connectivity index (χ0) is 66.8. The molecule has 0 aliphatic rings. The molecule has 9 rings (SSSR count). The molecular weight excluding hydrogens is 1290 g/mol. The number of nitrogens with one attached hydrogen (secondary N) is 1. The van der Waals surface area contributed by atoms with Crippen LogP contribution in [0.1, 0.15) is 64.5 Å². The smallest absolute Gasteiger partial charge is 0.335 e. The van der Waals surface area contributed by atoms with E-state index in [1.165, 1.54) is 61.2 Å². The predicted molar refractivity (Wildman–Crippen MR) is 324 cm³/mol. The molecule has 0 aliphatic heterocycles. The number of benzene rings is 6. The number of carboxylic acids is 1. The Labute approximate surface area is 531 Å². The molecule has 0 atom stereocenters. The van der Waals surface area contributed by atoms with Gasteiger partial charge in [-0.05, 0) is 122 Å². The molecule has 0 saturated heterocycles. The normalized spacial score (nSPS) is 10.6. The molecule has 6 N–H and O–H groups in total. The van der Waals surface area contributed by atoms with Crippen LogP contribution in [0.4, 0.5) is 26.3 Å². The Morgan fingerprint density at radius 3 is 1.13 bits per heavy atom. The van der Waals surface area contributed by atoms with Crippen LogP contribution in [0.25, 0.3) is 17.1 Å². The number of aromatic carboxylic acids is 1. The average Bonchev–Trinajstić information content (AvgIpc) is 1.05. The minimum Gasteiger partial charge on any atom is -0.478 e. The molecule has 3 heterocycles. The van der Waals surface area contributed by atoms with Crippen LogP contribution in [0.15, 0.2) is 143 Å². The van der Waals surface area contributed by atoms with Gasteiger partial charge >= 0.3 is 5.97 Å². The Balaban J connectivity index is 0.000000211. The van der Waals surface area contributed by atoms with Crippen molar-refractivity contribution in [3.63, 3.8) is 0 Å². The third-order valence-corrected chi connectivity index (χ3v) is 13.6. The van der Waals surface area contributed by atoms with Crippen molar-refractivity contribution in [1.82, 2.24) is 34.0 Å². The number of ether oxygens (including phenoxy) is 3. The number of nitrogens with two attached hydrogens (primary N) is 1. The van der Waals surface area contributed by atoms with E-state index >= 15 is 0 Å². The minimum absolute atomic E-state index is 0.00395. The van der Waals surface area contributed by atoms with E-state index in [-0.39, 0.29) is 106 Å². The number of aliphatic hydroxyl groups excluding tert-OH is 2. The molecule has 9 aromatic rings. The highest BCUT2D eigenvalue weighted by atomic mass is 35.5. The van der Waals surface area contributed by atoms with E-state index in [0.29, 0.717) is 46.4 Å². The molecule has 1 amide bonds. The Kier molecular flexibility index (Phi) is 25.5. The van der Waals surface area contributed by atoms with Crippen LogP contribution < -0.4 is 41.9 Å². The second-order valence-corrected chi connectivity index (χ2v) is 20.2. The van der Waals surface area contributed by atoms with Crippen LogP contribution in [0.3, 0.4) is 0 Å². The number of aromatic nitrogens is 6. The first-order valence-electron chi connectivity index (χ1n) is 26.3. The second kappa shape index (κ2) is 32.9. The zero-order valence-electron chi connectivity index (χ0n) is 47.6. The molecule has 3 aromatic heterocycles. The summed E-state index contributed by atoms with van der Waals surface area (Å²) in [6, 6.07) is 22.7. The summed E-state index contributed by atoms with van der Waals surface area (Å²) in [6.45, 7) is 4.63. The lowest BCUT2D eigenvalue weighted by Crippen LogP contribution is -2.27. The van der Waals surface area contributed by atoms with Gasteiger partial charge in [0.1, 0.15) is 73.7 Å². The minimum atomic E-state index is -1.14. The largest absolute Gasteiger partial charge is 0.478 e. The lowest BCUT2D eigenvalue weighted by molar-refractivity contribution is 0.0696. The Bertz CT molecular complexity index is 4170. The van der Waals surface area contributed by atoms with Gasteiger partial charge in [-0.25, -0.2) is 46.1 Å². The van der Waals surface area contributed by atoms with Gasteiger partial charge in [0, 0.05) is 59.1 Å². The molecule has 0 radical (unpaired) electrons. The fraction of sp³-hybridized carbons (Fsp3) is 0.164. The zero-order valence-corrected chi connectivity index (χ0v) is 50.7. The number of carboxylic acid groups (broad SMARTS) is 1. The molecule has 0 saturated carbocycles. The first kappa shape index (κ1) is 70.7. The molecule has 0 unspecified atom stereocenters. The standard InChI is InChI=1S/C21H18ClF2N3O4.C19H12Cl2F2N2O3.C19H13ClF2N2O4.C2H7NO/c1-12-2-3-13(19(29)25-6-7-28)8-17(12)27-11-26-20(18(22)21(27)30)31-10-14-4-5-15(23)9-16(14)24;1-10-2-3-11(17(21)26)6-15(10)25-9-24-18(16(20)19(25)27)28-8-12-4-5-13(22)7-14(12)23;1-10-2-3-11(19(26)27)6-15(10)24-9-23-17(16(20)18(24)25)28-8-12-4-5-13(21)7-14(12)22;3-1-2-4/h2-5,8-9,11,28H,6-7,10H2,1H3,(H,25,29);2-7,9H,8H2,1H3;2-7,9H,8H2,1H3,(H,26,27);4H,1-3H2. The van der Waals surface area contributed by atoms with E-state index in [0.717, 1.165) is 50.4 Å². The number of nitrogens with zero attached hydrogens (tertiary/aromatic N) is 6. The number of aryl methyl sites for hydroxylation is 3. The SMILES string of the molecule is Cc1ccc(C(=O)Cl)cc1-n1cnc(OCc2ccc(F)cc2F)c(Cl)c1=O.Cc1ccc(C(=O)NCCO)cc1-n1cnc(OCc2ccc(F)cc2F)c(Cl)c1=O.Cc1ccc(C(=O)O)cc1-n1cnc(OCc2ccc(F)cc2F)c(Cl)c1=O.NCCO. The monoisotopic (exact) mass is 1340 g/mol. The first-order chi connectivity index (χ1) is 43.3. The highest BCUT2D eigenvalue weighted by Gasteiger charge is 2.20. The third kappa shape index (κ3) is 18.6. The van der Waals surface area contributed by atoms with E-state index < -0.39 is 68.7 Å². The average molecular weight is 1340 g/mol. The molecule has 0 aliphatic carbocycles. The fourth-order valence-electron chi connectivity index (χ4n) is 7.70. The van der Waals surface area contributed by atoms with Gasteiger partial charge in [0.25, 0.3) is 27.8 Å². The quantitative estimate of drug-likeness (QED) is 0.0394. The van der Waals surface area contributed by atoms with Crippen LogP contribution in [0.2, 0.25) is 15.1 Å². The van der Waals surface area contributed by atoms with Crippen LogP contribution in [0.5, 0.6) is 17.6 Å². The number of amides is 1. The Morgan fingerprint density at radius 2 is 0.824 bits per heavy atom. The number of aliphatic hydroxyl groups is 2. The summed E-state index contributed by atoms with van der Waals surface area (Å²) in [7, 11) is 0. The first-order valence-corrected chi connectivity index (χ1v) is 27.8. The lowest BCUT2D eigenvalue weighted by Gasteiger charge is -2.13. The summed E-state index contributed by atoms with van der Waals surface area (Å²) in [4.78, 5) is 84.6. The van der Waals surface area contributed by atoms with E-state index in [9.17, 15) is 55.1 Å². The molecule has 91 heavy (non-hydrogen) atoms. The van der Waals surface area contributed by atoms with Gasteiger partial charge in [0.15, 0.2) is 15.1 Å². The summed E-state index contributed by atoms with van der Waals surface area (Å²) in [5.74, 6) is -6.73. The molecule has 476 valence electrons. The number of halogens is 10. The van der Waals surface area contributed by atoms with Gasteiger partial charge in [-0.1, -0.05) is 53.0 Å². The van der Waals surface area contributed by atoms with Crippen molar-refractivity contribution in [3.05, 3.63) is 259 Å². The summed E-state index contributed by atoms with van der Waals surface area (Å²) in [5, 5.41) is 26.6. The van der Waals surface area contributed by atoms with Crippen LogP contribution >= 0.6 is 46.4 Å². The maximum Gasteiger partial charge on any atom is 0.335 e.